The van der Waals surface area contributed by atoms with E-state index < -0.39 is 22.6 Å². The van der Waals surface area contributed by atoms with Gasteiger partial charge in [-0.2, -0.15) is 0 Å². The molecule has 1 aliphatic rings. The van der Waals surface area contributed by atoms with Crippen molar-refractivity contribution in [3.63, 3.8) is 0 Å². The number of anilines is 3. The molecule has 0 aliphatic heterocycles. The van der Waals surface area contributed by atoms with E-state index in [1.807, 2.05) is 19.0 Å². The van der Waals surface area contributed by atoms with Crippen LogP contribution in [0.25, 0.3) is 16.7 Å². The summed E-state index contributed by atoms with van der Waals surface area (Å²) in [6, 6.07) is 12.0. The summed E-state index contributed by atoms with van der Waals surface area (Å²) >= 11 is 3.22. The van der Waals surface area contributed by atoms with E-state index in [0.29, 0.717) is 35.2 Å². The number of aromatic nitrogens is 3. The lowest BCUT2D eigenvalue weighted by atomic mass is 10.2. The standard InChI is InChI=1S/C28H28BrFN6O4/c1-33(2)12-11-23(37)31-17-5-4-6-19(14-17)35-26-25(27(39)36(28(35)40)18-8-9-18)22(15-24(38)34(26)3)32-21-10-7-16(29)13-20(21)30/h4-7,10,13-15,18,32H,8-9,11-12H2,1-3H3,(H,31,37). The molecule has 10 nitrogen and oxygen atoms in total. The normalized spacial score (nSPS) is 13.2. The van der Waals surface area contributed by atoms with Gasteiger partial charge in [0.25, 0.3) is 11.1 Å². The van der Waals surface area contributed by atoms with Crippen LogP contribution >= 0.6 is 15.9 Å². The van der Waals surface area contributed by atoms with Gasteiger partial charge in [-0.3, -0.25) is 23.5 Å². The van der Waals surface area contributed by atoms with Crippen LogP contribution in [0.1, 0.15) is 25.3 Å². The predicted octanol–water partition coefficient (Wildman–Crippen LogP) is 3.72. The summed E-state index contributed by atoms with van der Waals surface area (Å²) in [5.74, 6) is -0.779. The molecule has 0 spiro atoms. The van der Waals surface area contributed by atoms with Crippen molar-refractivity contribution in [2.24, 2.45) is 7.05 Å². The molecule has 5 rings (SSSR count). The Labute approximate surface area is 236 Å². The van der Waals surface area contributed by atoms with Gasteiger partial charge in [0.05, 0.1) is 17.1 Å². The molecule has 0 saturated heterocycles. The molecule has 40 heavy (non-hydrogen) atoms. The zero-order valence-corrected chi connectivity index (χ0v) is 23.8. The van der Waals surface area contributed by atoms with Crippen LogP contribution in [0.3, 0.4) is 0 Å². The minimum atomic E-state index is -0.599. The molecule has 12 heteroatoms. The lowest BCUT2D eigenvalue weighted by Crippen LogP contribution is -2.41. The van der Waals surface area contributed by atoms with Crippen molar-refractivity contribution >= 4 is 49.9 Å². The Bertz CT molecular complexity index is 1820. The molecule has 1 aliphatic carbocycles. The van der Waals surface area contributed by atoms with Crippen molar-refractivity contribution in [1.82, 2.24) is 18.6 Å². The summed E-state index contributed by atoms with van der Waals surface area (Å²) in [6.45, 7) is 0.568. The highest BCUT2D eigenvalue weighted by molar-refractivity contribution is 9.10. The molecule has 2 heterocycles. The van der Waals surface area contributed by atoms with Gasteiger partial charge in [0.1, 0.15) is 16.9 Å². The van der Waals surface area contributed by atoms with Crippen LogP contribution in [0.15, 0.2) is 67.4 Å². The lowest BCUT2D eigenvalue weighted by molar-refractivity contribution is -0.116. The third-order valence-electron chi connectivity index (χ3n) is 6.74. The second-order valence-electron chi connectivity index (χ2n) is 10.1. The summed E-state index contributed by atoms with van der Waals surface area (Å²) in [6.07, 6.45) is 1.61. The lowest BCUT2D eigenvalue weighted by Gasteiger charge is -2.19. The highest BCUT2D eigenvalue weighted by Crippen LogP contribution is 2.34. The van der Waals surface area contributed by atoms with Gasteiger partial charge in [-0.1, -0.05) is 22.0 Å². The van der Waals surface area contributed by atoms with Crippen molar-refractivity contribution in [3.8, 4) is 5.69 Å². The maximum absolute atomic E-state index is 14.7. The Balaban J connectivity index is 1.73. The maximum Gasteiger partial charge on any atom is 0.337 e. The third-order valence-corrected chi connectivity index (χ3v) is 7.23. The smallest absolute Gasteiger partial charge is 0.337 e. The van der Waals surface area contributed by atoms with Gasteiger partial charge < -0.3 is 15.5 Å². The van der Waals surface area contributed by atoms with Crippen LogP contribution in [0.5, 0.6) is 0 Å². The first kappa shape index (κ1) is 27.5. The van der Waals surface area contributed by atoms with E-state index in [9.17, 15) is 23.6 Å². The number of amides is 1. The Hall–Kier alpha value is -4.03. The molecular weight excluding hydrogens is 583 g/mol. The summed E-state index contributed by atoms with van der Waals surface area (Å²) in [5.41, 5.74) is -0.650. The maximum atomic E-state index is 14.7. The molecule has 1 amide bonds. The zero-order chi connectivity index (χ0) is 28.7. The number of halogens is 2. The van der Waals surface area contributed by atoms with Gasteiger partial charge in [-0.25, -0.2) is 13.8 Å². The molecule has 2 aromatic heterocycles. The first-order valence-corrected chi connectivity index (χ1v) is 13.5. The molecule has 0 bridgehead atoms. The largest absolute Gasteiger partial charge is 0.352 e. The van der Waals surface area contributed by atoms with Gasteiger partial charge in [0, 0.05) is 42.3 Å². The number of carbonyl (C=O) groups excluding carboxylic acids is 1. The van der Waals surface area contributed by atoms with Gasteiger partial charge >= 0.3 is 5.69 Å². The van der Waals surface area contributed by atoms with Gasteiger partial charge in [-0.05, 0) is 63.3 Å². The van der Waals surface area contributed by atoms with Crippen LogP contribution in [0.4, 0.5) is 21.5 Å². The Morgan fingerprint density at radius 2 is 1.82 bits per heavy atom. The number of nitrogens with one attached hydrogen (secondary N) is 2. The molecule has 0 unspecified atom stereocenters. The number of hydrogen-bond donors (Lipinski definition) is 2. The van der Waals surface area contributed by atoms with Gasteiger partial charge in [-0.15, -0.1) is 0 Å². The molecule has 2 N–H and O–H groups in total. The van der Waals surface area contributed by atoms with E-state index in [1.54, 1.807) is 30.3 Å². The van der Waals surface area contributed by atoms with Crippen molar-refractivity contribution in [3.05, 3.63) is 90.0 Å². The average molecular weight is 611 g/mol. The molecule has 0 atom stereocenters. The van der Waals surface area contributed by atoms with Crippen molar-refractivity contribution in [2.75, 3.05) is 31.3 Å². The van der Waals surface area contributed by atoms with Crippen LogP contribution in [-0.4, -0.2) is 45.1 Å². The topological polar surface area (TPSA) is 110 Å². The summed E-state index contributed by atoms with van der Waals surface area (Å²) < 4.78 is 19.0. The number of nitrogens with zero attached hydrogens (tertiary/aromatic N) is 4. The van der Waals surface area contributed by atoms with Crippen LogP contribution in [0.2, 0.25) is 0 Å². The van der Waals surface area contributed by atoms with Crippen molar-refractivity contribution in [1.29, 1.82) is 0 Å². The molecule has 1 fully saturated rings. The summed E-state index contributed by atoms with van der Waals surface area (Å²) in [5, 5.41) is 5.80. The number of pyridine rings is 1. The van der Waals surface area contributed by atoms with E-state index in [2.05, 4.69) is 26.6 Å². The van der Waals surface area contributed by atoms with E-state index in [0.717, 1.165) is 0 Å². The number of hydrogen-bond acceptors (Lipinski definition) is 6. The van der Waals surface area contributed by atoms with Crippen molar-refractivity contribution in [2.45, 2.75) is 25.3 Å². The van der Waals surface area contributed by atoms with Crippen molar-refractivity contribution < 1.29 is 9.18 Å². The fourth-order valence-electron chi connectivity index (χ4n) is 4.56. The summed E-state index contributed by atoms with van der Waals surface area (Å²) in [4.78, 5) is 55.1. The van der Waals surface area contributed by atoms with E-state index in [4.69, 9.17) is 0 Å². The Kier molecular flexibility index (Phi) is 7.47. The highest BCUT2D eigenvalue weighted by Gasteiger charge is 2.31. The quantitative estimate of drug-likeness (QED) is 0.315. The average Bonchev–Trinajstić information content (AvgIpc) is 3.72. The van der Waals surface area contributed by atoms with E-state index in [-0.39, 0.29) is 40.8 Å². The Morgan fingerprint density at radius 1 is 1.07 bits per heavy atom. The second kappa shape index (κ2) is 10.9. The second-order valence-corrected chi connectivity index (χ2v) is 11.0. The highest BCUT2D eigenvalue weighted by atomic mass is 79.9. The number of rotatable bonds is 8. The van der Waals surface area contributed by atoms with E-state index in [1.165, 1.54) is 38.9 Å². The fraction of sp³-hybridized carbons (Fsp3) is 0.286. The molecule has 2 aromatic carbocycles. The van der Waals surface area contributed by atoms with Gasteiger partial charge in [0.15, 0.2) is 0 Å². The molecule has 4 aromatic rings. The van der Waals surface area contributed by atoms with Crippen LogP contribution < -0.4 is 27.4 Å². The predicted molar refractivity (Wildman–Crippen MR) is 157 cm³/mol. The first-order valence-electron chi connectivity index (χ1n) is 12.7. The number of fused-ring (bicyclic) bond motifs is 1. The monoisotopic (exact) mass is 610 g/mol. The van der Waals surface area contributed by atoms with Crippen LogP contribution in [0, 0.1) is 5.82 Å². The fourth-order valence-corrected chi connectivity index (χ4v) is 4.89. The SMILES string of the molecule is CN(C)CCC(=O)Nc1cccc(-n2c(=O)n(C3CC3)c(=O)c3c(Nc4ccc(Br)cc4F)cc(=O)n(C)c32)c1. The zero-order valence-electron chi connectivity index (χ0n) is 22.2. The number of aryl methyl sites for hydroxylation is 1. The number of benzene rings is 2. The molecule has 208 valence electrons. The summed E-state index contributed by atoms with van der Waals surface area (Å²) in [7, 11) is 5.22. The first-order chi connectivity index (χ1) is 19.0. The van der Waals surface area contributed by atoms with E-state index >= 15 is 0 Å². The molecule has 0 radical (unpaired) electrons. The molecular formula is C28H28BrFN6O4. The van der Waals surface area contributed by atoms with Crippen LogP contribution in [-0.2, 0) is 11.8 Å². The minimum absolute atomic E-state index is 0.0514. The third kappa shape index (κ3) is 5.36. The number of carbonyl (C=O) groups is 1. The molecule has 1 saturated carbocycles. The van der Waals surface area contributed by atoms with Gasteiger partial charge in [0.2, 0.25) is 5.91 Å². The Morgan fingerprint density at radius 3 is 2.50 bits per heavy atom. The minimum Gasteiger partial charge on any atom is -0.352 e.